The van der Waals surface area contributed by atoms with E-state index in [0.29, 0.717) is 20.7 Å². The molecule has 0 spiro atoms. The van der Waals surface area contributed by atoms with Crippen molar-refractivity contribution in [2.24, 2.45) is 0 Å². The Labute approximate surface area is 177 Å². The molecule has 2 N–H and O–H groups in total. The molecule has 0 aliphatic rings. The third kappa shape index (κ3) is 5.27. The van der Waals surface area contributed by atoms with E-state index in [9.17, 15) is 14.9 Å². The Bertz CT molecular complexity index is 1030. The van der Waals surface area contributed by atoms with Crippen LogP contribution in [0.5, 0.6) is 0 Å². The van der Waals surface area contributed by atoms with Gasteiger partial charge in [0.2, 0.25) is 11.0 Å². The number of carbonyl (C=O) groups excluding carboxylic acids is 1. The van der Waals surface area contributed by atoms with Crippen LogP contribution in [-0.2, 0) is 4.79 Å². The number of carbonyl (C=O) groups is 1. The van der Waals surface area contributed by atoms with Crippen molar-refractivity contribution < 1.29 is 9.72 Å². The fourth-order valence-corrected chi connectivity index (χ4v) is 4.25. The average Bonchev–Trinajstić information content (AvgIpc) is 3.09. The van der Waals surface area contributed by atoms with Crippen LogP contribution in [0.15, 0.2) is 51.3 Å². The number of nitro groups is 1. The Morgan fingerprint density at radius 1 is 1.29 bits per heavy atom. The SMILES string of the molecule is Cc1c(NC(=O)CSc2nnc(Nc3cccc(Br)c3)s2)cccc1[N+](=O)[O-]. The van der Waals surface area contributed by atoms with E-state index < -0.39 is 4.92 Å². The number of thioether (sulfide) groups is 1. The number of nitro benzene ring substituents is 1. The number of benzene rings is 2. The van der Waals surface area contributed by atoms with Gasteiger partial charge in [-0.25, -0.2) is 0 Å². The van der Waals surface area contributed by atoms with Crippen LogP contribution >= 0.6 is 39.0 Å². The Balaban J connectivity index is 1.56. The number of hydrogen-bond acceptors (Lipinski definition) is 8. The molecular formula is C17H14BrN5O3S2. The molecule has 0 saturated heterocycles. The first-order chi connectivity index (χ1) is 13.4. The lowest BCUT2D eigenvalue weighted by Crippen LogP contribution is -2.15. The second-order valence-electron chi connectivity index (χ2n) is 5.55. The molecule has 0 bridgehead atoms. The number of rotatable bonds is 7. The first kappa shape index (κ1) is 20.2. The van der Waals surface area contributed by atoms with Crippen LogP contribution in [0.4, 0.5) is 22.2 Å². The van der Waals surface area contributed by atoms with Gasteiger partial charge in [0, 0.05) is 16.2 Å². The predicted octanol–water partition coefficient (Wildman–Crippen LogP) is 4.99. The first-order valence-corrected chi connectivity index (χ1v) is 10.5. The highest BCUT2D eigenvalue weighted by Gasteiger charge is 2.15. The van der Waals surface area contributed by atoms with E-state index in [2.05, 4.69) is 36.8 Å². The lowest BCUT2D eigenvalue weighted by Gasteiger charge is -2.07. The summed E-state index contributed by atoms with van der Waals surface area (Å²) in [6.07, 6.45) is 0. The number of nitrogens with one attached hydrogen (secondary N) is 2. The zero-order valence-corrected chi connectivity index (χ0v) is 17.7. The van der Waals surface area contributed by atoms with E-state index in [1.54, 1.807) is 19.1 Å². The summed E-state index contributed by atoms with van der Waals surface area (Å²) in [5, 5.41) is 25.6. The smallest absolute Gasteiger partial charge is 0.274 e. The molecule has 11 heteroatoms. The van der Waals surface area contributed by atoms with E-state index >= 15 is 0 Å². The Morgan fingerprint density at radius 2 is 2.07 bits per heavy atom. The van der Waals surface area contributed by atoms with Gasteiger partial charge in [-0.05, 0) is 31.2 Å². The zero-order chi connectivity index (χ0) is 20.1. The van der Waals surface area contributed by atoms with Crippen LogP contribution in [0.3, 0.4) is 0 Å². The van der Waals surface area contributed by atoms with Crippen LogP contribution in [0.2, 0.25) is 0 Å². The van der Waals surface area contributed by atoms with Gasteiger partial charge in [-0.1, -0.05) is 51.2 Å². The van der Waals surface area contributed by atoms with Crippen LogP contribution in [0.25, 0.3) is 0 Å². The summed E-state index contributed by atoms with van der Waals surface area (Å²) in [5.74, 6) is -0.154. The van der Waals surface area contributed by atoms with Gasteiger partial charge in [0.1, 0.15) is 0 Å². The molecule has 0 aliphatic carbocycles. The first-order valence-electron chi connectivity index (χ1n) is 7.95. The molecule has 0 aliphatic heterocycles. The highest BCUT2D eigenvalue weighted by Crippen LogP contribution is 2.29. The van der Waals surface area contributed by atoms with E-state index in [-0.39, 0.29) is 17.3 Å². The predicted molar refractivity (Wildman–Crippen MR) is 115 cm³/mol. The Morgan fingerprint density at radius 3 is 2.82 bits per heavy atom. The topological polar surface area (TPSA) is 110 Å². The molecule has 0 unspecified atom stereocenters. The third-order valence-electron chi connectivity index (χ3n) is 3.59. The van der Waals surface area contributed by atoms with E-state index in [0.717, 1.165) is 10.2 Å². The van der Waals surface area contributed by atoms with Crippen molar-refractivity contribution in [3.05, 3.63) is 62.6 Å². The summed E-state index contributed by atoms with van der Waals surface area (Å²) in [6.45, 7) is 1.60. The summed E-state index contributed by atoms with van der Waals surface area (Å²) in [7, 11) is 0. The Hall–Kier alpha value is -2.50. The van der Waals surface area contributed by atoms with Crippen molar-refractivity contribution in [2.75, 3.05) is 16.4 Å². The van der Waals surface area contributed by atoms with Gasteiger partial charge in [0.25, 0.3) is 5.69 Å². The van der Waals surface area contributed by atoms with Crippen molar-refractivity contribution in [1.82, 2.24) is 10.2 Å². The third-order valence-corrected chi connectivity index (χ3v) is 6.05. The molecule has 8 nitrogen and oxygen atoms in total. The van der Waals surface area contributed by atoms with Gasteiger partial charge >= 0.3 is 0 Å². The van der Waals surface area contributed by atoms with Crippen molar-refractivity contribution >= 4 is 67.1 Å². The fraction of sp³-hybridized carbons (Fsp3) is 0.118. The average molecular weight is 480 g/mol. The Kier molecular flexibility index (Phi) is 6.60. The second kappa shape index (κ2) is 9.13. The van der Waals surface area contributed by atoms with Crippen molar-refractivity contribution in [3.63, 3.8) is 0 Å². The van der Waals surface area contributed by atoms with E-state index in [1.165, 1.54) is 29.2 Å². The minimum absolute atomic E-state index is 0.0298. The molecule has 28 heavy (non-hydrogen) atoms. The van der Waals surface area contributed by atoms with Crippen molar-refractivity contribution in [2.45, 2.75) is 11.3 Å². The maximum atomic E-state index is 12.2. The molecule has 1 amide bonds. The summed E-state index contributed by atoms with van der Waals surface area (Å²) in [4.78, 5) is 22.7. The molecule has 0 fully saturated rings. The van der Waals surface area contributed by atoms with Gasteiger partial charge in [0.05, 0.1) is 21.9 Å². The van der Waals surface area contributed by atoms with Crippen molar-refractivity contribution in [3.8, 4) is 0 Å². The van der Waals surface area contributed by atoms with Crippen LogP contribution in [0.1, 0.15) is 5.56 Å². The number of anilines is 3. The summed E-state index contributed by atoms with van der Waals surface area (Å²) in [6, 6.07) is 12.2. The molecule has 3 aromatic rings. The molecule has 3 rings (SSSR count). The normalized spacial score (nSPS) is 10.5. The van der Waals surface area contributed by atoms with Gasteiger partial charge in [-0.15, -0.1) is 10.2 Å². The largest absolute Gasteiger partial charge is 0.330 e. The zero-order valence-electron chi connectivity index (χ0n) is 14.5. The molecule has 1 heterocycles. The quantitative estimate of drug-likeness (QED) is 0.278. The van der Waals surface area contributed by atoms with E-state index in [1.807, 2.05) is 24.3 Å². The molecule has 1 aromatic heterocycles. The molecule has 0 saturated carbocycles. The number of nitrogens with zero attached hydrogens (tertiary/aromatic N) is 3. The summed E-state index contributed by atoms with van der Waals surface area (Å²) >= 11 is 5.99. The van der Waals surface area contributed by atoms with E-state index in [4.69, 9.17) is 0 Å². The van der Waals surface area contributed by atoms with Gasteiger partial charge < -0.3 is 10.6 Å². The van der Waals surface area contributed by atoms with Crippen LogP contribution < -0.4 is 10.6 Å². The maximum Gasteiger partial charge on any atom is 0.274 e. The highest BCUT2D eigenvalue weighted by molar-refractivity contribution is 9.10. The number of aromatic nitrogens is 2. The lowest BCUT2D eigenvalue weighted by molar-refractivity contribution is -0.385. The monoisotopic (exact) mass is 479 g/mol. The summed E-state index contributed by atoms with van der Waals surface area (Å²) < 4.78 is 1.59. The molecule has 144 valence electrons. The van der Waals surface area contributed by atoms with Gasteiger partial charge in [0.15, 0.2) is 4.34 Å². The second-order valence-corrected chi connectivity index (χ2v) is 8.67. The standard InChI is InChI=1S/C17H14BrN5O3S2/c1-10-13(6-3-7-14(10)23(25)26)20-15(24)9-27-17-22-21-16(28-17)19-12-5-2-4-11(18)8-12/h2-8H,9H2,1H3,(H,19,21)(H,20,24). The van der Waals surface area contributed by atoms with Gasteiger partial charge in [-0.3, -0.25) is 14.9 Å². The molecule has 2 aromatic carbocycles. The molecule has 0 atom stereocenters. The molecular weight excluding hydrogens is 466 g/mol. The minimum Gasteiger partial charge on any atom is -0.330 e. The number of halogens is 1. The lowest BCUT2D eigenvalue weighted by atomic mass is 10.1. The fourth-order valence-electron chi connectivity index (χ4n) is 2.28. The number of hydrogen-bond donors (Lipinski definition) is 2. The van der Waals surface area contributed by atoms with Crippen LogP contribution in [0, 0.1) is 17.0 Å². The highest BCUT2D eigenvalue weighted by atomic mass is 79.9. The summed E-state index contributed by atoms with van der Waals surface area (Å²) in [5.41, 5.74) is 1.69. The minimum atomic E-state index is -0.471. The van der Waals surface area contributed by atoms with Crippen molar-refractivity contribution in [1.29, 1.82) is 0 Å². The van der Waals surface area contributed by atoms with Crippen LogP contribution in [-0.4, -0.2) is 26.8 Å². The molecule has 0 radical (unpaired) electrons. The number of amides is 1. The maximum absolute atomic E-state index is 12.2. The van der Waals surface area contributed by atoms with Gasteiger partial charge in [-0.2, -0.15) is 0 Å².